The third-order valence-corrected chi connectivity index (χ3v) is 13.5. The predicted octanol–water partition coefficient (Wildman–Crippen LogP) is 15.5. The van der Waals surface area contributed by atoms with E-state index < -0.39 is 49.5 Å². The molecule has 0 spiro atoms. The molecule has 1 fully saturated rings. The highest BCUT2D eigenvalue weighted by atomic mass is 16.7. The minimum atomic E-state index is -1.59. The van der Waals surface area contributed by atoms with Crippen LogP contribution in [0.25, 0.3) is 0 Å². The lowest BCUT2D eigenvalue weighted by molar-refractivity contribution is -0.302. The molecule has 0 saturated carbocycles. The fourth-order valence-electron chi connectivity index (χ4n) is 8.77. The maximum Gasteiger partial charge on any atom is 0.220 e. The third-order valence-electron chi connectivity index (χ3n) is 13.5. The largest absolute Gasteiger partial charge is 0.394 e. The van der Waals surface area contributed by atoms with Crippen LogP contribution in [-0.4, -0.2) is 87.5 Å². The molecule has 1 amide bonds. The van der Waals surface area contributed by atoms with Crippen molar-refractivity contribution in [1.82, 2.24) is 5.32 Å². The SMILES string of the molecule is CC/C=C\C/C=C\C/C=C\C/C=C\C/C=C\C/C=C\C/C=C\CCCC(=O)NC(COC1OC(CO)C(O)C(O)C1O)C(O)/C=C/CC/C=C/CC/C=C/CCCCCCCCCCCCCCCCCCCCC. The maximum absolute atomic E-state index is 13.0. The summed E-state index contributed by atoms with van der Waals surface area (Å²) >= 11 is 0. The van der Waals surface area contributed by atoms with Crippen molar-refractivity contribution in [1.29, 1.82) is 0 Å². The number of nitrogens with one attached hydrogen (secondary N) is 1. The van der Waals surface area contributed by atoms with Gasteiger partial charge in [-0.3, -0.25) is 4.79 Å². The second-order valence-corrected chi connectivity index (χ2v) is 20.4. The molecule has 1 heterocycles. The second-order valence-electron chi connectivity index (χ2n) is 20.4. The fourth-order valence-corrected chi connectivity index (χ4v) is 8.77. The van der Waals surface area contributed by atoms with E-state index in [0.717, 1.165) is 77.0 Å². The Morgan fingerprint density at radius 2 is 0.840 bits per heavy atom. The lowest BCUT2D eigenvalue weighted by Gasteiger charge is -2.40. The monoisotopic (exact) mass is 1050 g/mol. The van der Waals surface area contributed by atoms with Gasteiger partial charge in [0.25, 0.3) is 0 Å². The van der Waals surface area contributed by atoms with Crippen molar-refractivity contribution >= 4 is 5.91 Å². The molecule has 75 heavy (non-hydrogen) atoms. The number of hydrogen-bond acceptors (Lipinski definition) is 8. The minimum absolute atomic E-state index is 0.237. The Morgan fingerprint density at radius 1 is 0.467 bits per heavy atom. The number of hydrogen-bond donors (Lipinski definition) is 6. The summed E-state index contributed by atoms with van der Waals surface area (Å²) in [6.45, 7) is 3.61. The Hall–Kier alpha value is -3.41. The molecule has 6 N–H and O–H groups in total. The maximum atomic E-state index is 13.0. The average Bonchev–Trinajstić information content (AvgIpc) is 3.41. The van der Waals surface area contributed by atoms with Crippen LogP contribution in [0.3, 0.4) is 0 Å². The van der Waals surface area contributed by atoms with Gasteiger partial charge in [0.2, 0.25) is 5.91 Å². The van der Waals surface area contributed by atoms with E-state index in [9.17, 15) is 30.3 Å². The standard InChI is InChI=1S/C66H111NO8/c1-3-5-7-9-11-13-15-17-19-21-23-25-27-28-29-30-31-32-34-35-37-39-41-43-45-47-49-51-53-55-60(69)59(58-74-66-65(73)64(72)63(71)61(57-68)75-66)67-62(70)56-54-52-50-48-46-44-42-40-38-36-33-26-24-22-20-18-16-14-12-10-8-6-4-2/h6,8,12,14,18,20,24,26,36-39,42,44-45,47-48,50,53,55,59-61,63-66,68-69,71-73H,3-5,7,9-11,13,15-17,19,21-23,25,27-35,40-41,43,46,49,51-52,54,56-58H2,1-2H3,(H,67,70)/b8-6-,14-12-,20-18-,26-24-,38-36-,39-37+,44-42-,47-45+,50-48-,55-53+. The van der Waals surface area contributed by atoms with Crippen molar-refractivity contribution in [2.45, 2.75) is 275 Å². The quantitative estimate of drug-likeness (QED) is 0.0261. The first-order valence-corrected chi connectivity index (χ1v) is 30.3. The number of rotatable bonds is 50. The van der Waals surface area contributed by atoms with Crippen LogP contribution in [0.15, 0.2) is 122 Å². The van der Waals surface area contributed by atoms with Gasteiger partial charge in [-0.1, -0.05) is 251 Å². The van der Waals surface area contributed by atoms with Crippen molar-refractivity contribution in [3.05, 3.63) is 122 Å². The highest BCUT2D eigenvalue weighted by Crippen LogP contribution is 2.23. The van der Waals surface area contributed by atoms with Crippen molar-refractivity contribution < 1.29 is 39.8 Å². The Labute approximate surface area is 458 Å². The van der Waals surface area contributed by atoms with Gasteiger partial charge < -0.3 is 40.3 Å². The zero-order valence-electron chi connectivity index (χ0n) is 47.5. The number of unbranched alkanes of at least 4 members (excludes halogenated alkanes) is 22. The number of allylic oxidation sites excluding steroid dienone is 19. The predicted molar refractivity (Wildman–Crippen MR) is 317 cm³/mol. The molecule has 0 bridgehead atoms. The van der Waals surface area contributed by atoms with Gasteiger partial charge >= 0.3 is 0 Å². The normalized spacial score (nSPS) is 19.8. The first kappa shape index (κ1) is 69.6. The van der Waals surface area contributed by atoms with Gasteiger partial charge in [-0.25, -0.2) is 0 Å². The molecule has 0 aliphatic carbocycles. The Morgan fingerprint density at radius 3 is 1.28 bits per heavy atom. The van der Waals surface area contributed by atoms with Crippen molar-refractivity contribution in [2.24, 2.45) is 0 Å². The molecule has 1 aliphatic rings. The van der Waals surface area contributed by atoms with Crippen LogP contribution < -0.4 is 5.32 Å². The molecule has 9 heteroatoms. The number of ether oxygens (including phenoxy) is 2. The van der Waals surface area contributed by atoms with Crippen LogP contribution in [0.5, 0.6) is 0 Å². The molecular formula is C66H111NO8. The molecule has 0 aromatic rings. The molecule has 428 valence electrons. The number of amides is 1. The van der Waals surface area contributed by atoms with Crippen LogP contribution in [-0.2, 0) is 14.3 Å². The molecule has 0 aromatic carbocycles. The van der Waals surface area contributed by atoms with Crippen LogP contribution in [0.2, 0.25) is 0 Å². The van der Waals surface area contributed by atoms with Gasteiger partial charge in [0, 0.05) is 6.42 Å². The first-order valence-electron chi connectivity index (χ1n) is 30.3. The molecule has 7 atom stereocenters. The van der Waals surface area contributed by atoms with E-state index in [1.54, 1.807) is 6.08 Å². The van der Waals surface area contributed by atoms with Gasteiger partial charge in [0.15, 0.2) is 6.29 Å². The molecular weight excluding hydrogens is 935 g/mol. The average molecular weight is 1050 g/mol. The molecule has 0 aromatic heterocycles. The summed E-state index contributed by atoms with van der Waals surface area (Å²) in [5.74, 6) is -0.252. The van der Waals surface area contributed by atoms with Gasteiger partial charge in [0.05, 0.1) is 25.4 Å². The summed E-state index contributed by atoms with van der Waals surface area (Å²) in [7, 11) is 0. The van der Waals surface area contributed by atoms with E-state index in [1.807, 2.05) is 6.08 Å². The lowest BCUT2D eigenvalue weighted by atomic mass is 9.99. The zero-order valence-corrected chi connectivity index (χ0v) is 47.5. The van der Waals surface area contributed by atoms with E-state index in [-0.39, 0.29) is 18.9 Å². The van der Waals surface area contributed by atoms with E-state index in [4.69, 9.17) is 9.47 Å². The number of aliphatic hydroxyl groups excluding tert-OH is 5. The van der Waals surface area contributed by atoms with Crippen LogP contribution in [0, 0.1) is 0 Å². The van der Waals surface area contributed by atoms with Gasteiger partial charge in [-0.15, -0.1) is 0 Å². The molecule has 9 nitrogen and oxygen atoms in total. The number of carbonyl (C=O) groups is 1. The highest BCUT2D eigenvalue weighted by Gasteiger charge is 2.44. The van der Waals surface area contributed by atoms with E-state index >= 15 is 0 Å². The summed E-state index contributed by atoms with van der Waals surface area (Å²) in [6, 6.07) is -0.870. The number of aliphatic hydroxyl groups is 5. The summed E-state index contributed by atoms with van der Waals surface area (Å²) in [4.78, 5) is 13.0. The van der Waals surface area contributed by atoms with Crippen molar-refractivity contribution in [2.75, 3.05) is 13.2 Å². The zero-order chi connectivity index (χ0) is 54.3. The topological polar surface area (TPSA) is 149 Å². The Kier molecular flexibility index (Phi) is 50.1. The van der Waals surface area contributed by atoms with E-state index in [1.165, 1.54) is 122 Å². The van der Waals surface area contributed by atoms with E-state index in [0.29, 0.717) is 12.8 Å². The fraction of sp³-hybridized carbons (Fsp3) is 0.682. The Balaban J connectivity index is 2.30. The second kappa shape index (κ2) is 54.0. The smallest absolute Gasteiger partial charge is 0.220 e. The molecule has 0 radical (unpaired) electrons. The Bertz CT molecular complexity index is 1590. The van der Waals surface area contributed by atoms with Crippen molar-refractivity contribution in [3.63, 3.8) is 0 Å². The lowest BCUT2D eigenvalue weighted by Crippen LogP contribution is -2.60. The third kappa shape index (κ3) is 43.3. The molecule has 1 rings (SSSR count). The summed E-state index contributed by atoms with van der Waals surface area (Å²) < 4.78 is 11.2. The van der Waals surface area contributed by atoms with E-state index in [2.05, 4.69) is 129 Å². The minimum Gasteiger partial charge on any atom is -0.394 e. The molecule has 1 saturated heterocycles. The first-order chi connectivity index (χ1) is 36.8. The molecule has 1 aliphatic heterocycles. The number of carbonyl (C=O) groups excluding carboxylic acids is 1. The molecule has 7 unspecified atom stereocenters. The van der Waals surface area contributed by atoms with Gasteiger partial charge in [-0.2, -0.15) is 0 Å². The summed E-state index contributed by atoms with van der Waals surface area (Å²) in [5, 5.41) is 54.5. The highest BCUT2D eigenvalue weighted by molar-refractivity contribution is 5.76. The van der Waals surface area contributed by atoms with Crippen LogP contribution in [0.4, 0.5) is 0 Å². The summed E-state index contributed by atoms with van der Waals surface area (Å²) in [6.07, 6.45) is 74.3. The van der Waals surface area contributed by atoms with Crippen LogP contribution >= 0.6 is 0 Å². The van der Waals surface area contributed by atoms with Gasteiger partial charge in [0.1, 0.15) is 24.4 Å². The summed E-state index contributed by atoms with van der Waals surface area (Å²) in [5.41, 5.74) is 0. The van der Waals surface area contributed by atoms with Crippen molar-refractivity contribution in [3.8, 4) is 0 Å². The van der Waals surface area contributed by atoms with Gasteiger partial charge in [-0.05, 0) is 96.3 Å². The van der Waals surface area contributed by atoms with Crippen LogP contribution in [0.1, 0.15) is 232 Å².